The van der Waals surface area contributed by atoms with Crippen LogP contribution in [0.15, 0.2) is 36.4 Å². The van der Waals surface area contributed by atoms with Crippen LogP contribution in [0.1, 0.15) is 52.4 Å². The summed E-state index contributed by atoms with van der Waals surface area (Å²) in [5.74, 6) is -0.965. The number of ketones is 1. The first-order valence-electron chi connectivity index (χ1n) is 10.00. The van der Waals surface area contributed by atoms with E-state index in [0.717, 1.165) is 31.5 Å². The van der Waals surface area contributed by atoms with Gasteiger partial charge in [0.1, 0.15) is 0 Å². The zero-order valence-electron chi connectivity index (χ0n) is 16.0. The Bertz CT molecular complexity index is 931. The van der Waals surface area contributed by atoms with Gasteiger partial charge in [-0.1, -0.05) is 47.5 Å². The van der Waals surface area contributed by atoms with Gasteiger partial charge in [0.05, 0.1) is 21.5 Å². The number of hydrogen-bond donors (Lipinski definition) is 1. The van der Waals surface area contributed by atoms with E-state index in [9.17, 15) is 14.7 Å². The molecule has 4 nitrogen and oxygen atoms in total. The molecule has 2 aliphatic rings. The standard InChI is InChI=1S/C23H23Cl2NO3/c24-18-2-1-3-19(25)22(18)21(27)13-14-4-6-17-16(12-14)5-7-20(17)26-10-8-15(9-11-26)23(28)29/h1-4,6,12,15,20H,5,7-11,13H2,(H,28,29)/t20-/m1/s1. The SMILES string of the molecule is O=C(Cc1ccc2c(c1)CC[C@H]2N1CCC(C(=O)O)CC1)c1c(Cl)cccc1Cl. The molecule has 0 unspecified atom stereocenters. The third-order valence-electron chi connectivity index (χ3n) is 6.18. The first-order valence-corrected chi connectivity index (χ1v) is 10.8. The Kier molecular flexibility index (Phi) is 5.95. The van der Waals surface area contributed by atoms with Crippen LogP contribution < -0.4 is 0 Å². The Morgan fingerprint density at radius 3 is 2.38 bits per heavy atom. The summed E-state index contributed by atoms with van der Waals surface area (Å²) >= 11 is 12.3. The zero-order valence-corrected chi connectivity index (χ0v) is 17.5. The number of aryl methyl sites for hydroxylation is 1. The second kappa shape index (κ2) is 8.47. The summed E-state index contributed by atoms with van der Waals surface area (Å²) in [5.41, 5.74) is 3.95. The van der Waals surface area contributed by atoms with E-state index in [1.165, 1.54) is 11.1 Å². The summed E-state index contributed by atoms with van der Waals surface area (Å²) in [6.45, 7) is 1.65. The molecule has 1 fully saturated rings. The Balaban J connectivity index is 1.46. The van der Waals surface area contributed by atoms with Gasteiger partial charge in [-0.3, -0.25) is 14.5 Å². The minimum absolute atomic E-state index is 0.0779. The number of likely N-dealkylation sites (tertiary alicyclic amines) is 1. The van der Waals surface area contributed by atoms with Gasteiger partial charge >= 0.3 is 5.97 Å². The van der Waals surface area contributed by atoms with Gasteiger partial charge in [-0.15, -0.1) is 0 Å². The van der Waals surface area contributed by atoms with Gasteiger partial charge in [-0.25, -0.2) is 0 Å². The number of Topliss-reactive ketones (excluding diaryl/α,β-unsaturated/α-hetero) is 1. The number of rotatable bonds is 5. The highest BCUT2D eigenvalue weighted by molar-refractivity contribution is 6.39. The summed E-state index contributed by atoms with van der Waals surface area (Å²) in [5, 5.41) is 9.97. The number of halogens is 2. The molecule has 0 spiro atoms. The first kappa shape index (κ1) is 20.4. The molecule has 1 atom stereocenters. The van der Waals surface area contributed by atoms with E-state index in [1.807, 2.05) is 6.07 Å². The minimum atomic E-state index is -0.676. The highest BCUT2D eigenvalue weighted by Crippen LogP contribution is 2.38. The van der Waals surface area contributed by atoms with Crippen LogP contribution >= 0.6 is 23.2 Å². The number of hydrogen-bond acceptors (Lipinski definition) is 3. The second-order valence-electron chi connectivity index (χ2n) is 7.93. The molecule has 4 rings (SSSR count). The molecule has 1 saturated heterocycles. The average Bonchev–Trinajstić information content (AvgIpc) is 3.11. The fourth-order valence-electron chi connectivity index (χ4n) is 4.63. The highest BCUT2D eigenvalue weighted by atomic mass is 35.5. The molecule has 1 aliphatic heterocycles. The summed E-state index contributed by atoms with van der Waals surface area (Å²) in [7, 11) is 0. The van der Waals surface area contributed by atoms with Crippen LogP contribution in [0.2, 0.25) is 10.0 Å². The van der Waals surface area contributed by atoms with Crippen molar-refractivity contribution in [3.05, 3.63) is 68.7 Å². The fourth-order valence-corrected chi connectivity index (χ4v) is 5.24. The van der Waals surface area contributed by atoms with Gasteiger partial charge in [0.2, 0.25) is 0 Å². The lowest BCUT2D eigenvalue weighted by atomic mass is 9.94. The van der Waals surface area contributed by atoms with E-state index < -0.39 is 5.97 Å². The molecule has 0 aromatic heterocycles. The topological polar surface area (TPSA) is 57.6 Å². The van der Waals surface area contributed by atoms with E-state index in [1.54, 1.807) is 18.2 Å². The summed E-state index contributed by atoms with van der Waals surface area (Å²) in [6.07, 6.45) is 3.72. The smallest absolute Gasteiger partial charge is 0.306 e. The summed E-state index contributed by atoms with van der Waals surface area (Å²) in [4.78, 5) is 26.3. The molecular formula is C23H23Cl2NO3. The van der Waals surface area contributed by atoms with Gasteiger partial charge in [-0.05, 0) is 67.6 Å². The Morgan fingerprint density at radius 1 is 1.03 bits per heavy atom. The number of aliphatic carboxylic acids is 1. The number of carbonyl (C=O) groups is 2. The van der Waals surface area contributed by atoms with E-state index >= 15 is 0 Å². The molecule has 0 radical (unpaired) electrons. The van der Waals surface area contributed by atoms with Crippen molar-refractivity contribution in [2.75, 3.05) is 13.1 Å². The van der Waals surface area contributed by atoms with Crippen LogP contribution in [-0.2, 0) is 17.6 Å². The van der Waals surface area contributed by atoms with Crippen molar-refractivity contribution in [3.63, 3.8) is 0 Å². The zero-order chi connectivity index (χ0) is 20.5. The van der Waals surface area contributed by atoms with Crippen LogP contribution in [0, 0.1) is 5.92 Å². The van der Waals surface area contributed by atoms with Gasteiger partial charge in [0.15, 0.2) is 5.78 Å². The van der Waals surface area contributed by atoms with Crippen LogP contribution in [0.5, 0.6) is 0 Å². The molecule has 1 heterocycles. The summed E-state index contributed by atoms with van der Waals surface area (Å²) < 4.78 is 0. The average molecular weight is 432 g/mol. The molecule has 0 bridgehead atoms. The lowest BCUT2D eigenvalue weighted by molar-refractivity contribution is -0.143. The third kappa shape index (κ3) is 4.20. The molecule has 2 aromatic rings. The van der Waals surface area contributed by atoms with Crippen molar-refractivity contribution in [1.29, 1.82) is 0 Å². The minimum Gasteiger partial charge on any atom is -0.481 e. The van der Waals surface area contributed by atoms with Crippen LogP contribution in [0.25, 0.3) is 0 Å². The second-order valence-corrected chi connectivity index (χ2v) is 8.75. The Morgan fingerprint density at radius 2 is 1.72 bits per heavy atom. The predicted octanol–water partition coefficient (Wildman–Crippen LogP) is 5.20. The molecule has 152 valence electrons. The number of benzene rings is 2. The lowest BCUT2D eigenvalue weighted by Crippen LogP contribution is -2.38. The number of carboxylic acids is 1. The van der Waals surface area contributed by atoms with Crippen LogP contribution in [-0.4, -0.2) is 34.8 Å². The number of carboxylic acid groups (broad SMARTS) is 1. The molecular weight excluding hydrogens is 409 g/mol. The Labute approximate surface area is 180 Å². The predicted molar refractivity (Wildman–Crippen MR) is 114 cm³/mol. The third-order valence-corrected chi connectivity index (χ3v) is 6.81. The van der Waals surface area contributed by atoms with Gasteiger partial charge in [0.25, 0.3) is 0 Å². The highest BCUT2D eigenvalue weighted by Gasteiger charge is 2.32. The van der Waals surface area contributed by atoms with Crippen molar-refractivity contribution in [3.8, 4) is 0 Å². The fraction of sp³-hybridized carbons (Fsp3) is 0.391. The van der Waals surface area contributed by atoms with Gasteiger partial charge in [0, 0.05) is 12.5 Å². The maximum Gasteiger partial charge on any atom is 0.306 e. The number of nitrogens with zero attached hydrogens (tertiary/aromatic N) is 1. The lowest BCUT2D eigenvalue weighted by Gasteiger charge is -2.35. The maximum absolute atomic E-state index is 12.7. The molecule has 2 aromatic carbocycles. The van der Waals surface area contributed by atoms with E-state index in [2.05, 4.69) is 17.0 Å². The van der Waals surface area contributed by atoms with Crippen molar-refractivity contribution >= 4 is 35.0 Å². The maximum atomic E-state index is 12.7. The van der Waals surface area contributed by atoms with E-state index in [4.69, 9.17) is 23.2 Å². The quantitative estimate of drug-likeness (QED) is 0.660. The molecule has 1 N–H and O–H groups in total. The van der Waals surface area contributed by atoms with Gasteiger partial charge in [-0.2, -0.15) is 0 Å². The molecule has 0 saturated carbocycles. The van der Waals surface area contributed by atoms with Crippen molar-refractivity contribution in [1.82, 2.24) is 4.90 Å². The van der Waals surface area contributed by atoms with Gasteiger partial charge < -0.3 is 5.11 Å². The largest absolute Gasteiger partial charge is 0.481 e. The number of piperidine rings is 1. The molecule has 29 heavy (non-hydrogen) atoms. The van der Waals surface area contributed by atoms with Crippen LogP contribution in [0.3, 0.4) is 0 Å². The van der Waals surface area contributed by atoms with Crippen molar-refractivity contribution < 1.29 is 14.7 Å². The first-order chi connectivity index (χ1) is 13.9. The number of fused-ring (bicyclic) bond motifs is 1. The Hall–Kier alpha value is -1.88. The molecule has 1 aliphatic carbocycles. The van der Waals surface area contributed by atoms with Crippen LogP contribution in [0.4, 0.5) is 0 Å². The van der Waals surface area contributed by atoms with Crippen molar-refractivity contribution in [2.24, 2.45) is 5.92 Å². The monoisotopic (exact) mass is 431 g/mol. The molecule has 0 amide bonds. The summed E-state index contributed by atoms with van der Waals surface area (Å²) in [6, 6.07) is 11.7. The van der Waals surface area contributed by atoms with Crippen molar-refractivity contribution in [2.45, 2.75) is 38.1 Å². The number of carbonyl (C=O) groups excluding carboxylic acids is 1. The van der Waals surface area contributed by atoms with E-state index in [-0.39, 0.29) is 18.1 Å². The van der Waals surface area contributed by atoms with E-state index in [0.29, 0.717) is 34.5 Å². The molecule has 6 heteroatoms. The normalized spacial score (nSPS) is 19.9.